The largest absolute Gasteiger partial charge is 0.370 e. The van der Waals surface area contributed by atoms with E-state index in [1.165, 1.54) is 50.1 Å². The highest BCUT2D eigenvalue weighted by Crippen LogP contribution is 2.42. The SMILES string of the molecule is CCCN(CCC)c1c(C)nc(-c2c(C)ccc(CCCCN(CCC)c3c(C)nc(-c4cccc5c4CC(=O)N5)c4ccccc34)c2C)c2c1CC(C)C=C2. The van der Waals surface area contributed by atoms with Crippen molar-refractivity contribution < 1.29 is 4.79 Å². The number of benzene rings is 3. The molecule has 0 saturated carbocycles. The molecule has 0 radical (unpaired) electrons. The maximum absolute atomic E-state index is 12.4. The summed E-state index contributed by atoms with van der Waals surface area (Å²) < 4.78 is 0. The molecular formula is C50H61N5O. The minimum atomic E-state index is 0.0455. The summed E-state index contributed by atoms with van der Waals surface area (Å²) in [6, 6.07) is 19.5. The van der Waals surface area contributed by atoms with Crippen LogP contribution in [0, 0.1) is 33.6 Å². The molecule has 0 fully saturated rings. The first-order valence-electron chi connectivity index (χ1n) is 21.3. The normalized spacial score (nSPS) is 14.6. The predicted octanol–water partition coefficient (Wildman–Crippen LogP) is 11.8. The third kappa shape index (κ3) is 7.60. The fraction of sp³-hybridized carbons (Fsp3) is 0.420. The second-order valence-electron chi connectivity index (χ2n) is 16.3. The van der Waals surface area contributed by atoms with Crippen molar-refractivity contribution in [3.05, 3.63) is 105 Å². The van der Waals surface area contributed by atoms with E-state index in [0.717, 1.165) is 116 Å². The van der Waals surface area contributed by atoms with E-state index in [4.69, 9.17) is 9.97 Å². The number of carbonyl (C=O) groups excluding carboxylic acids is 1. The molecule has 0 bridgehead atoms. The van der Waals surface area contributed by atoms with E-state index >= 15 is 0 Å². The molecule has 1 aliphatic heterocycles. The fourth-order valence-corrected chi connectivity index (χ4v) is 9.49. The summed E-state index contributed by atoms with van der Waals surface area (Å²) in [6.07, 6.45) is 12.8. The van der Waals surface area contributed by atoms with Crippen LogP contribution >= 0.6 is 0 Å². The van der Waals surface area contributed by atoms with Gasteiger partial charge in [-0.3, -0.25) is 14.8 Å². The molecule has 1 amide bonds. The number of allylic oxidation sites excluding steroid dienone is 1. The Labute approximate surface area is 335 Å². The van der Waals surface area contributed by atoms with Crippen molar-refractivity contribution in [1.82, 2.24) is 9.97 Å². The van der Waals surface area contributed by atoms with Crippen molar-refractivity contribution in [3.8, 4) is 22.5 Å². The lowest BCUT2D eigenvalue weighted by Crippen LogP contribution is -2.28. The lowest BCUT2D eigenvalue weighted by Gasteiger charge is -2.32. The molecule has 56 heavy (non-hydrogen) atoms. The van der Waals surface area contributed by atoms with Gasteiger partial charge in [-0.05, 0) is 112 Å². The van der Waals surface area contributed by atoms with E-state index in [2.05, 4.69) is 125 Å². The van der Waals surface area contributed by atoms with Crippen LogP contribution in [0.15, 0.2) is 60.7 Å². The molecule has 7 rings (SSSR count). The molecule has 3 aromatic carbocycles. The van der Waals surface area contributed by atoms with E-state index in [-0.39, 0.29) is 5.91 Å². The number of unbranched alkanes of at least 4 members (excludes halogenated alkanes) is 1. The number of anilines is 3. The molecule has 0 saturated heterocycles. The number of aryl methyl sites for hydroxylation is 4. The number of aromatic nitrogens is 2. The van der Waals surface area contributed by atoms with E-state index in [1.807, 2.05) is 12.1 Å². The van der Waals surface area contributed by atoms with Gasteiger partial charge in [-0.2, -0.15) is 0 Å². The van der Waals surface area contributed by atoms with Gasteiger partial charge in [0, 0.05) is 59.3 Å². The number of pyridine rings is 2. The van der Waals surface area contributed by atoms with Crippen LogP contribution in [-0.4, -0.2) is 42.1 Å². The summed E-state index contributed by atoms with van der Waals surface area (Å²) in [7, 11) is 0. The van der Waals surface area contributed by atoms with Gasteiger partial charge in [-0.1, -0.05) is 88.4 Å². The van der Waals surface area contributed by atoms with Gasteiger partial charge in [0.1, 0.15) is 0 Å². The molecule has 6 nitrogen and oxygen atoms in total. The maximum atomic E-state index is 12.4. The zero-order valence-corrected chi connectivity index (χ0v) is 35.1. The molecule has 2 aliphatic rings. The molecule has 5 aromatic rings. The van der Waals surface area contributed by atoms with Crippen molar-refractivity contribution in [2.24, 2.45) is 5.92 Å². The van der Waals surface area contributed by atoms with Gasteiger partial charge in [0.15, 0.2) is 0 Å². The van der Waals surface area contributed by atoms with E-state index in [1.54, 1.807) is 0 Å². The Morgan fingerprint density at radius 1 is 0.732 bits per heavy atom. The molecule has 1 N–H and O–H groups in total. The molecule has 2 aromatic heterocycles. The summed E-state index contributed by atoms with van der Waals surface area (Å²) in [5.41, 5.74) is 18.1. The van der Waals surface area contributed by atoms with Crippen LogP contribution < -0.4 is 15.1 Å². The summed E-state index contributed by atoms with van der Waals surface area (Å²) >= 11 is 0. The monoisotopic (exact) mass is 747 g/mol. The Kier molecular flexibility index (Phi) is 11.9. The standard InChI is InChI=1S/C50H61N5O/c1-9-26-54(27-10-2)50-36(8)52-48(40-25-22-32(4)30-43(40)50)46-33(5)23-24-37(34(46)6)17-14-15-29-55(28-11-3)49-35(7)51-47(38-18-12-13-19-41(38)49)39-20-16-21-44-42(39)31-45(56)53-44/h12-13,16,18-25,32H,9-11,14-15,17,26-31H2,1-8H3,(H,53,56). The van der Waals surface area contributed by atoms with Gasteiger partial charge in [-0.25, -0.2) is 0 Å². The number of nitrogens with one attached hydrogen (secondary N) is 1. The minimum absolute atomic E-state index is 0.0455. The van der Waals surface area contributed by atoms with Crippen LogP contribution in [0.25, 0.3) is 39.4 Å². The van der Waals surface area contributed by atoms with Crippen LogP contribution in [0.1, 0.15) is 105 Å². The predicted molar refractivity (Wildman–Crippen MR) is 238 cm³/mol. The lowest BCUT2D eigenvalue weighted by atomic mass is 9.84. The molecular weight excluding hydrogens is 687 g/mol. The topological polar surface area (TPSA) is 61.4 Å². The Hall–Kier alpha value is -4.97. The first kappa shape index (κ1) is 39.3. The van der Waals surface area contributed by atoms with Crippen molar-refractivity contribution in [3.63, 3.8) is 0 Å². The number of rotatable bonds is 15. The van der Waals surface area contributed by atoms with E-state index < -0.39 is 0 Å². The first-order valence-corrected chi connectivity index (χ1v) is 21.3. The average Bonchev–Trinajstić information content (AvgIpc) is 3.57. The Balaban J connectivity index is 1.15. The third-order valence-corrected chi connectivity index (χ3v) is 12.0. The smallest absolute Gasteiger partial charge is 0.228 e. The summed E-state index contributed by atoms with van der Waals surface area (Å²) in [6.45, 7) is 22.2. The van der Waals surface area contributed by atoms with Crippen molar-refractivity contribution >= 4 is 39.8 Å². The number of hydrogen-bond acceptors (Lipinski definition) is 5. The van der Waals surface area contributed by atoms with Crippen LogP contribution in [0.4, 0.5) is 17.1 Å². The van der Waals surface area contributed by atoms with Crippen LogP contribution in [0.5, 0.6) is 0 Å². The molecule has 6 heteroatoms. The minimum Gasteiger partial charge on any atom is -0.370 e. The number of amides is 1. The highest BCUT2D eigenvalue weighted by Gasteiger charge is 2.27. The van der Waals surface area contributed by atoms with Crippen molar-refractivity contribution in [2.45, 2.75) is 107 Å². The van der Waals surface area contributed by atoms with E-state index in [0.29, 0.717) is 12.3 Å². The molecule has 1 unspecified atom stereocenters. The number of carbonyl (C=O) groups is 1. The third-order valence-electron chi connectivity index (χ3n) is 12.0. The fourth-order valence-electron chi connectivity index (χ4n) is 9.49. The number of nitrogens with zero attached hydrogens (tertiary/aromatic N) is 4. The highest BCUT2D eigenvalue weighted by molar-refractivity contribution is 6.07. The summed E-state index contributed by atoms with van der Waals surface area (Å²) in [5.74, 6) is 0.565. The van der Waals surface area contributed by atoms with Crippen LogP contribution in [-0.2, 0) is 24.1 Å². The quantitative estimate of drug-likeness (QED) is 0.108. The van der Waals surface area contributed by atoms with Gasteiger partial charge in [0.25, 0.3) is 0 Å². The van der Waals surface area contributed by atoms with Crippen LogP contribution in [0.3, 0.4) is 0 Å². The van der Waals surface area contributed by atoms with Gasteiger partial charge in [0.05, 0.1) is 40.6 Å². The Morgan fingerprint density at radius 2 is 1.41 bits per heavy atom. The average molecular weight is 748 g/mol. The zero-order valence-electron chi connectivity index (χ0n) is 35.1. The summed E-state index contributed by atoms with van der Waals surface area (Å²) in [5, 5.41) is 5.38. The zero-order chi connectivity index (χ0) is 39.5. The molecule has 0 spiro atoms. The molecule has 3 heterocycles. The molecule has 292 valence electrons. The van der Waals surface area contributed by atoms with Gasteiger partial charge in [0.2, 0.25) is 5.91 Å². The van der Waals surface area contributed by atoms with E-state index in [9.17, 15) is 4.79 Å². The second-order valence-corrected chi connectivity index (χ2v) is 16.3. The van der Waals surface area contributed by atoms with Crippen LogP contribution in [0.2, 0.25) is 0 Å². The van der Waals surface area contributed by atoms with Crippen molar-refractivity contribution in [2.75, 3.05) is 41.3 Å². The Bertz CT molecular complexity index is 2280. The van der Waals surface area contributed by atoms with Gasteiger partial charge < -0.3 is 15.1 Å². The molecule has 1 aliphatic carbocycles. The van der Waals surface area contributed by atoms with Crippen molar-refractivity contribution in [1.29, 1.82) is 0 Å². The first-order chi connectivity index (χ1) is 27.1. The lowest BCUT2D eigenvalue weighted by molar-refractivity contribution is -0.115. The van der Waals surface area contributed by atoms with Gasteiger partial charge >= 0.3 is 0 Å². The number of fused-ring (bicyclic) bond motifs is 3. The molecule has 1 atom stereocenters. The Morgan fingerprint density at radius 3 is 2.14 bits per heavy atom. The summed E-state index contributed by atoms with van der Waals surface area (Å²) in [4.78, 5) is 28.3. The number of hydrogen-bond donors (Lipinski definition) is 1. The van der Waals surface area contributed by atoms with Gasteiger partial charge in [-0.15, -0.1) is 0 Å². The highest BCUT2D eigenvalue weighted by atomic mass is 16.1. The maximum Gasteiger partial charge on any atom is 0.228 e. The second kappa shape index (κ2) is 17.0.